The van der Waals surface area contributed by atoms with Crippen LogP contribution >= 0.6 is 0 Å². The van der Waals surface area contributed by atoms with Crippen LogP contribution in [0.15, 0.2) is 59.5 Å². The molecule has 0 spiro atoms. The second-order valence-electron chi connectivity index (χ2n) is 6.24. The number of amides is 1. The maximum Gasteiger partial charge on any atom is 0.258 e. The van der Waals surface area contributed by atoms with Crippen LogP contribution in [0.5, 0.6) is 0 Å². The van der Waals surface area contributed by atoms with Crippen molar-refractivity contribution in [3.8, 4) is 0 Å². The van der Waals surface area contributed by atoms with Gasteiger partial charge in [-0.3, -0.25) is 18.9 Å². The number of pyridine rings is 1. The Morgan fingerprint density at radius 1 is 1.20 bits per heavy atom. The summed E-state index contributed by atoms with van der Waals surface area (Å²) in [4.78, 5) is 30.9. The van der Waals surface area contributed by atoms with Crippen LogP contribution in [0, 0.1) is 0 Å². The van der Waals surface area contributed by atoms with E-state index in [-0.39, 0.29) is 11.5 Å². The Bertz CT molecular complexity index is 1010. The van der Waals surface area contributed by atoms with Gasteiger partial charge in [-0.15, -0.1) is 0 Å². The molecule has 2 aromatic heterocycles. The minimum absolute atomic E-state index is 0.131. The lowest BCUT2D eigenvalue weighted by molar-refractivity contribution is -0.124. The quantitative estimate of drug-likeness (QED) is 0.782. The molecule has 0 saturated carbocycles. The van der Waals surface area contributed by atoms with Gasteiger partial charge in [-0.05, 0) is 29.7 Å². The maximum atomic E-state index is 12.3. The standard InChI is InChI=1S/C19H18N4O2/c20-19(25)18-15-6-2-1-5-13(15)8-10-22(18)12-14-11-17(24)23-9-4-3-7-16(23)21-14/h1-7,9,11,18H,8,10,12H2,(H2,20,25)/t18-/m0/s1. The zero-order chi connectivity index (χ0) is 17.4. The first-order valence-corrected chi connectivity index (χ1v) is 8.22. The van der Waals surface area contributed by atoms with Gasteiger partial charge in [-0.1, -0.05) is 30.3 Å². The van der Waals surface area contributed by atoms with Crippen molar-refractivity contribution in [1.29, 1.82) is 0 Å². The van der Waals surface area contributed by atoms with Crippen LogP contribution in [0.25, 0.3) is 5.65 Å². The van der Waals surface area contributed by atoms with Gasteiger partial charge in [0.15, 0.2) is 0 Å². The zero-order valence-corrected chi connectivity index (χ0v) is 13.6. The van der Waals surface area contributed by atoms with Crippen molar-refractivity contribution in [1.82, 2.24) is 14.3 Å². The minimum Gasteiger partial charge on any atom is -0.368 e. The van der Waals surface area contributed by atoms with E-state index in [1.165, 1.54) is 10.5 Å². The summed E-state index contributed by atoms with van der Waals surface area (Å²) in [6.07, 6.45) is 2.53. The molecule has 3 heterocycles. The summed E-state index contributed by atoms with van der Waals surface area (Å²) in [5, 5.41) is 0. The van der Waals surface area contributed by atoms with Crippen molar-refractivity contribution >= 4 is 11.6 Å². The fraction of sp³-hybridized carbons (Fsp3) is 0.211. The summed E-state index contributed by atoms with van der Waals surface area (Å²) in [5.74, 6) is -0.385. The van der Waals surface area contributed by atoms with Crippen molar-refractivity contribution in [2.75, 3.05) is 6.54 Å². The Morgan fingerprint density at radius 3 is 2.84 bits per heavy atom. The van der Waals surface area contributed by atoms with Crippen molar-refractivity contribution < 1.29 is 4.79 Å². The van der Waals surface area contributed by atoms with E-state index in [0.29, 0.717) is 24.4 Å². The average Bonchev–Trinajstić information content (AvgIpc) is 2.61. The largest absolute Gasteiger partial charge is 0.368 e. The van der Waals surface area contributed by atoms with Crippen LogP contribution in [-0.2, 0) is 17.8 Å². The monoisotopic (exact) mass is 334 g/mol. The number of rotatable bonds is 3. The summed E-state index contributed by atoms with van der Waals surface area (Å²) in [6.45, 7) is 1.10. The Balaban J connectivity index is 1.71. The van der Waals surface area contributed by atoms with Crippen LogP contribution in [0.4, 0.5) is 0 Å². The van der Waals surface area contributed by atoms with Crippen molar-refractivity contribution in [3.05, 3.63) is 81.9 Å². The van der Waals surface area contributed by atoms with Gasteiger partial charge in [-0.2, -0.15) is 0 Å². The fourth-order valence-electron chi connectivity index (χ4n) is 3.51. The van der Waals surface area contributed by atoms with E-state index in [2.05, 4.69) is 4.98 Å². The lowest BCUT2D eigenvalue weighted by atomic mass is 9.92. The zero-order valence-electron chi connectivity index (χ0n) is 13.6. The normalized spacial score (nSPS) is 17.4. The van der Waals surface area contributed by atoms with Crippen LogP contribution < -0.4 is 11.3 Å². The van der Waals surface area contributed by atoms with Gasteiger partial charge in [0.05, 0.1) is 5.69 Å². The first-order chi connectivity index (χ1) is 12.1. The van der Waals surface area contributed by atoms with E-state index in [0.717, 1.165) is 17.5 Å². The third kappa shape index (κ3) is 2.81. The van der Waals surface area contributed by atoms with E-state index in [1.54, 1.807) is 18.3 Å². The number of aromatic nitrogens is 2. The Labute approximate surface area is 144 Å². The number of nitrogens with zero attached hydrogens (tertiary/aromatic N) is 3. The summed E-state index contributed by atoms with van der Waals surface area (Å²) in [5.41, 5.74) is 8.88. The number of benzene rings is 1. The fourth-order valence-corrected chi connectivity index (χ4v) is 3.51. The lowest BCUT2D eigenvalue weighted by Crippen LogP contribution is -2.42. The van der Waals surface area contributed by atoms with Crippen LogP contribution in [0.3, 0.4) is 0 Å². The van der Waals surface area contributed by atoms with Gasteiger partial charge >= 0.3 is 0 Å². The molecule has 1 atom stereocenters. The molecular weight excluding hydrogens is 316 g/mol. The molecule has 3 aromatic rings. The van der Waals surface area contributed by atoms with E-state index >= 15 is 0 Å². The molecule has 126 valence electrons. The van der Waals surface area contributed by atoms with Crippen molar-refractivity contribution in [3.63, 3.8) is 0 Å². The summed E-state index contributed by atoms with van der Waals surface area (Å²) in [7, 11) is 0. The SMILES string of the molecule is NC(=O)[C@@H]1c2ccccc2CCN1Cc1cc(=O)n2ccccc2n1. The molecule has 1 aromatic carbocycles. The smallest absolute Gasteiger partial charge is 0.258 e. The molecule has 4 rings (SSSR count). The number of carbonyl (C=O) groups excluding carboxylic acids is 1. The van der Waals surface area contributed by atoms with Gasteiger partial charge in [0, 0.05) is 25.4 Å². The van der Waals surface area contributed by atoms with Gasteiger partial charge in [0.2, 0.25) is 5.91 Å². The van der Waals surface area contributed by atoms with E-state index in [9.17, 15) is 9.59 Å². The number of primary amides is 1. The first kappa shape index (κ1) is 15.5. The maximum absolute atomic E-state index is 12.3. The van der Waals surface area contributed by atoms with Gasteiger partial charge in [0.1, 0.15) is 11.7 Å². The van der Waals surface area contributed by atoms with Gasteiger partial charge in [-0.25, -0.2) is 4.98 Å². The van der Waals surface area contributed by atoms with Crippen LogP contribution in [-0.4, -0.2) is 26.7 Å². The lowest BCUT2D eigenvalue weighted by Gasteiger charge is -2.35. The predicted molar refractivity (Wildman–Crippen MR) is 94.0 cm³/mol. The molecule has 0 radical (unpaired) electrons. The van der Waals surface area contributed by atoms with E-state index in [4.69, 9.17) is 5.73 Å². The van der Waals surface area contributed by atoms with Gasteiger partial charge < -0.3 is 5.73 Å². The number of nitrogens with two attached hydrogens (primary N) is 1. The topological polar surface area (TPSA) is 80.7 Å². The van der Waals surface area contributed by atoms with Gasteiger partial charge in [0.25, 0.3) is 5.56 Å². The molecule has 1 aliphatic heterocycles. The number of fused-ring (bicyclic) bond motifs is 2. The molecule has 1 amide bonds. The molecule has 0 fully saturated rings. The Hall–Kier alpha value is -2.99. The minimum atomic E-state index is -0.499. The molecular formula is C19H18N4O2. The predicted octanol–water partition coefficient (Wildman–Crippen LogP) is 1.28. The van der Waals surface area contributed by atoms with E-state index < -0.39 is 6.04 Å². The summed E-state index contributed by atoms with van der Waals surface area (Å²) in [6, 6.07) is 14.3. The molecule has 1 aliphatic rings. The number of hydrogen-bond donors (Lipinski definition) is 1. The average molecular weight is 334 g/mol. The molecule has 0 unspecified atom stereocenters. The number of hydrogen-bond acceptors (Lipinski definition) is 4. The highest BCUT2D eigenvalue weighted by Gasteiger charge is 2.31. The summed E-state index contributed by atoms with van der Waals surface area (Å²) >= 11 is 0. The van der Waals surface area contributed by atoms with Crippen LogP contribution in [0.1, 0.15) is 22.9 Å². The van der Waals surface area contributed by atoms with Crippen molar-refractivity contribution in [2.24, 2.45) is 5.73 Å². The van der Waals surface area contributed by atoms with Crippen molar-refractivity contribution in [2.45, 2.75) is 19.0 Å². The molecule has 2 N–H and O–H groups in total. The third-order valence-electron chi connectivity index (χ3n) is 4.64. The van der Waals surface area contributed by atoms with Crippen LogP contribution in [0.2, 0.25) is 0 Å². The molecule has 0 saturated heterocycles. The highest BCUT2D eigenvalue weighted by molar-refractivity contribution is 5.82. The molecule has 25 heavy (non-hydrogen) atoms. The second-order valence-corrected chi connectivity index (χ2v) is 6.24. The Morgan fingerprint density at radius 2 is 2.00 bits per heavy atom. The highest BCUT2D eigenvalue weighted by atomic mass is 16.1. The third-order valence-corrected chi connectivity index (χ3v) is 4.64. The molecule has 6 heteroatoms. The van der Waals surface area contributed by atoms with E-state index in [1.807, 2.05) is 35.2 Å². The summed E-state index contributed by atoms with van der Waals surface area (Å²) < 4.78 is 1.50. The first-order valence-electron chi connectivity index (χ1n) is 8.22. The molecule has 0 aliphatic carbocycles. The Kier molecular flexibility index (Phi) is 3.82. The molecule has 0 bridgehead atoms. The highest BCUT2D eigenvalue weighted by Crippen LogP contribution is 2.30. The molecule has 6 nitrogen and oxygen atoms in total. The number of carbonyl (C=O) groups is 1. The second kappa shape index (κ2) is 6.14.